The van der Waals surface area contributed by atoms with Crippen LogP contribution >= 0.6 is 0 Å². The number of ketones is 1. The van der Waals surface area contributed by atoms with E-state index in [0.29, 0.717) is 6.54 Å². The average Bonchev–Trinajstić information content (AvgIpc) is 2.52. The highest BCUT2D eigenvalue weighted by Gasteiger charge is 2.63. The molecule has 0 aromatic heterocycles. The summed E-state index contributed by atoms with van der Waals surface area (Å²) in [6, 6.07) is 0.0624. The van der Waals surface area contributed by atoms with Crippen molar-refractivity contribution in [3.05, 3.63) is 0 Å². The minimum absolute atomic E-state index is 0.00928. The quantitative estimate of drug-likeness (QED) is 0.705. The number of fused-ring (bicyclic) bond motifs is 1. The van der Waals surface area contributed by atoms with Gasteiger partial charge in [-0.05, 0) is 39.5 Å². The second kappa shape index (κ2) is 3.47. The largest absolute Gasteiger partial charge is 0.444 e. The van der Waals surface area contributed by atoms with Crippen LogP contribution in [0.15, 0.2) is 0 Å². The Morgan fingerprint density at radius 3 is 2.35 bits per heavy atom. The molecule has 3 fully saturated rings. The Balaban J connectivity index is 2.07. The molecule has 3 atom stereocenters. The van der Waals surface area contributed by atoms with Gasteiger partial charge in [0.1, 0.15) is 11.4 Å². The highest BCUT2D eigenvalue weighted by atomic mass is 16.6. The van der Waals surface area contributed by atoms with Gasteiger partial charge in [0.15, 0.2) is 0 Å². The predicted octanol–water partition coefficient (Wildman–Crippen LogP) is 2.22. The Hall–Kier alpha value is -1.06. The molecule has 1 amide bonds. The summed E-state index contributed by atoms with van der Waals surface area (Å²) < 4.78 is 5.37. The highest BCUT2D eigenvalue weighted by Crippen LogP contribution is 2.56. The Kier molecular flexibility index (Phi) is 2.53. The summed E-state index contributed by atoms with van der Waals surface area (Å²) >= 11 is 0. The molecule has 2 saturated heterocycles. The van der Waals surface area contributed by atoms with Crippen molar-refractivity contribution in [1.29, 1.82) is 0 Å². The van der Waals surface area contributed by atoms with Gasteiger partial charge >= 0.3 is 6.09 Å². The van der Waals surface area contributed by atoms with Crippen molar-refractivity contribution in [2.45, 2.75) is 52.7 Å². The Bertz CT molecular complexity index is 371. The van der Waals surface area contributed by atoms with Crippen LogP contribution in [-0.4, -0.2) is 35.0 Å². The van der Waals surface area contributed by atoms with Crippen molar-refractivity contribution in [3.8, 4) is 0 Å². The molecule has 0 aromatic carbocycles. The third-order valence-electron chi connectivity index (χ3n) is 3.81. The molecule has 3 unspecified atom stereocenters. The first-order valence-corrected chi connectivity index (χ1v) is 6.14. The molecular weight excluding hydrogens is 218 g/mol. The number of hydrogen-bond acceptors (Lipinski definition) is 3. The maximum Gasteiger partial charge on any atom is 0.410 e. The molecule has 17 heavy (non-hydrogen) atoms. The molecule has 0 N–H and O–H groups in total. The SMILES string of the molecule is CC(=O)C1C2CC1(C)CN2C(=O)OC(C)(C)C. The standard InChI is InChI=1S/C13H21NO3/c1-8(15)10-9-6-13(10,5)7-14(9)11(16)17-12(2,3)4/h9-10H,6-7H2,1-5H3. The normalized spacial score (nSPS) is 35.5. The summed E-state index contributed by atoms with van der Waals surface area (Å²) in [5, 5.41) is 0. The van der Waals surface area contributed by atoms with Crippen LogP contribution in [0.2, 0.25) is 0 Å². The molecule has 1 aliphatic carbocycles. The molecule has 3 aliphatic rings. The first kappa shape index (κ1) is 12.4. The minimum Gasteiger partial charge on any atom is -0.444 e. The lowest BCUT2D eigenvalue weighted by atomic mass is 9.60. The van der Waals surface area contributed by atoms with Gasteiger partial charge in [-0.2, -0.15) is 0 Å². The van der Waals surface area contributed by atoms with Crippen molar-refractivity contribution < 1.29 is 14.3 Å². The molecule has 0 radical (unpaired) electrons. The van der Waals surface area contributed by atoms with Crippen LogP contribution in [-0.2, 0) is 9.53 Å². The maximum atomic E-state index is 12.0. The third-order valence-corrected chi connectivity index (χ3v) is 3.81. The zero-order valence-corrected chi connectivity index (χ0v) is 11.2. The van der Waals surface area contributed by atoms with Crippen molar-refractivity contribution in [1.82, 2.24) is 4.90 Å². The number of hydrogen-bond donors (Lipinski definition) is 0. The van der Waals surface area contributed by atoms with Gasteiger partial charge < -0.3 is 9.64 Å². The van der Waals surface area contributed by atoms with Gasteiger partial charge in [-0.3, -0.25) is 4.79 Å². The Morgan fingerprint density at radius 2 is 1.94 bits per heavy atom. The Morgan fingerprint density at radius 1 is 1.35 bits per heavy atom. The van der Waals surface area contributed by atoms with Gasteiger partial charge in [0, 0.05) is 18.5 Å². The number of carbonyl (C=O) groups is 2. The van der Waals surface area contributed by atoms with Crippen molar-refractivity contribution in [2.24, 2.45) is 11.3 Å². The second-order valence-electron chi connectivity index (χ2n) is 6.62. The summed E-state index contributed by atoms with van der Waals surface area (Å²) in [5.74, 6) is 0.199. The van der Waals surface area contributed by atoms with E-state index in [1.165, 1.54) is 0 Å². The summed E-state index contributed by atoms with van der Waals surface area (Å²) in [6.07, 6.45) is 0.645. The van der Waals surface area contributed by atoms with Gasteiger partial charge in [0.2, 0.25) is 0 Å². The predicted molar refractivity (Wildman–Crippen MR) is 63.6 cm³/mol. The molecule has 2 aliphatic heterocycles. The molecule has 3 rings (SSSR count). The minimum atomic E-state index is -0.476. The van der Waals surface area contributed by atoms with Crippen molar-refractivity contribution >= 4 is 11.9 Å². The lowest BCUT2D eigenvalue weighted by Gasteiger charge is -2.42. The number of nitrogens with zero attached hydrogens (tertiary/aromatic N) is 1. The number of amides is 1. The fraction of sp³-hybridized carbons (Fsp3) is 0.846. The van der Waals surface area contributed by atoms with E-state index in [2.05, 4.69) is 6.92 Å². The lowest BCUT2D eigenvalue weighted by molar-refractivity contribution is -0.129. The molecule has 1 saturated carbocycles. The van der Waals surface area contributed by atoms with Crippen LogP contribution in [0, 0.1) is 11.3 Å². The lowest BCUT2D eigenvalue weighted by Crippen LogP contribution is -2.49. The Labute approximate surface area is 102 Å². The monoisotopic (exact) mass is 239 g/mol. The molecular formula is C13H21NO3. The average molecular weight is 239 g/mol. The van der Waals surface area contributed by atoms with Crippen LogP contribution in [0.25, 0.3) is 0 Å². The third kappa shape index (κ3) is 1.94. The second-order valence-corrected chi connectivity index (χ2v) is 6.62. The van der Waals surface area contributed by atoms with Gasteiger partial charge in [-0.25, -0.2) is 4.79 Å². The van der Waals surface area contributed by atoms with Gasteiger partial charge in [0.25, 0.3) is 0 Å². The molecule has 96 valence electrons. The fourth-order valence-corrected chi connectivity index (χ4v) is 3.27. The molecule has 0 aromatic rings. The van der Waals surface area contributed by atoms with E-state index >= 15 is 0 Å². The van der Waals surface area contributed by atoms with Gasteiger partial charge in [-0.1, -0.05) is 6.92 Å². The van der Waals surface area contributed by atoms with Crippen molar-refractivity contribution in [2.75, 3.05) is 6.54 Å². The molecule has 4 heteroatoms. The summed E-state index contributed by atoms with van der Waals surface area (Å²) in [5.41, 5.74) is -0.496. The van der Waals surface area contributed by atoms with E-state index in [1.54, 1.807) is 11.8 Å². The van der Waals surface area contributed by atoms with E-state index in [1.807, 2.05) is 20.8 Å². The highest BCUT2D eigenvalue weighted by molar-refractivity contribution is 5.84. The fourth-order valence-electron chi connectivity index (χ4n) is 3.27. The number of ether oxygens (including phenoxy) is 1. The van der Waals surface area contributed by atoms with Crippen LogP contribution in [0.4, 0.5) is 4.79 Å². The molecule has 2 heterocycles. The first-order chi connectivity index (χ1) is 7.64. The van der Waals surface area contributed by atoms with E-state index in [4.69, 9.17) is 4.74 Å². The van der Waals surface area contributed by atoms with E-state index in [9.17, 15) is 9.59 Å². The number of carbonyl (C=O) groups excluding carboxylic acids is 2. The summed E-state index contributed by atoms with van der Waals surface area (Å²) in [4.78, 5) is 25.3. The zero-order chi connectivity index (χ0) is 13.0. The van der Waals surface area contributed by atoms with E-state index in [0.717, 1.165) is 6.42 Å². The smallest absolute Gasteiger partial charge is 0.410 e. The molecule has 0 spiro atoms. The van der Waals surface area contributed by atoms with Crippen LogP contribution < -0.4 is 0 Å². The number of Topliss-reactive ketones (excluding diaryl/α,β-unsaturated/α-hetero) is 1. The van der Waals surface area contributed by atoms with Crippen LogP contribution in [0.1, 0.15) is 41.0 Å². The first-order valence-electron chi connectivity index (χ1n) is 6.14. The van der Waals surface area contributed by atoms with Crippen LogP contribution in [0.5, 0.6) is 0 Å². The number of rotatable bonds is 1. The summed E-state index contributed by atoms with van der Waals surface area (Å²) in [6.45, 7) is 9.92. The topological polar surface area (TPSA) is 46.6 Å². The summed E-state index contributed by atoms with van der Waals surface area (Å²) in [7, 11) is 0. The van der Waals surface area contributed by atoms with Crippen molar-refractivity contribution in [3.63, 3.8) is 0 Å². The van der Waals surface area contributed by atoms with E-state index in [-0.39, 0.29) is 29.3 Å². The van der Waals surface area contributed by atoms with E-state index < -0.39 is 5.60 Å². The van der Waals surface area contributed by atoms with Crippen LogP contribution in [0.3, 0.4) is 0 Å². The van der Waals surface area contributed by atoms with Gasteiger partial charge in [0.05, 0.1) is 0 Å². The maximum absolute atomic E-state index is 12.0. The molecule has 2 bridgehead atoms. The zero-order valence-electron chi connectivity index (χ0n) is 11.2. The van der Waals surface area contributed by atoms with Gasteiger partial charge in [-0.15, -0.1) is 0 Å². The molecule has 4 nitrogen and oxygen atoms in total.